The normalized spacial score (nSPS) is 11.9. The molecule has 2 N–H and O–H groups in total. The molecule has 0 radical (unpaired) electrons. The number of nitrogens with one attached hydrogen (secondary N) is 1. The Morgan fingerprint density at radius 2 is 1.74 bits per heavy atom. The number of H-pyrrole nitrogens is 1. The molecule has 8 nitrogen and oxygen atoms in total. The van der Waals surface area contributed by atoms with Gasteiger partial charge in [0.1, 0.15) is 6.54 Å². The molecule has 10 heteroatoms. The van der Waals surface area contributed by atoms with Gasteiger partial charge in [-0.05, 0) is 67.4 Å². The summed E-state index contributed by atoms with van der Waals surface area (Å²) in [5.74, 6) is -1.04. The zero-order chi connectivity index (χ0) is 24.5. The highest BCUT2D eigenvalue weighted by Gasteiger charge is 2.27. The Kier molecular flexibility index (Phi) is 6.41. The second kappa shape index (κ2) is 9.28. The number of azo groups is 1. The van der Waals surface area contributed by atoms with Gasteiger partial charge in [-0.15, -0.1) is 10.2 Å². The number of hydrogen-bond acceptors (Lipinski definition) is 5. The Bertz CT molecular complexity index is 1510. The highest BCUT2D eigenvalue weighted by atomic mass is 35.5. The molecule has 4 aromatic rings. The first-order valence-corrected chi connectivity index (χ1v) is 12.1. The molecule has 0 spiro atoms. The fraction of sp³-hybridized carbons (Fsp3) is 0.125. The molecule has 0 aliphatic carbocycles. The monoisotopic (exact) mass is 496 g/mol. The Morgan fingerprint density at radius 3 is 2.44 bits per heavy atom. The van der Waals surface area contributed by atoms with E-state index in [0.717, 1.165) is 15.4 Å². The van der Waals surface area contributed by atoms with E-state index >= 15 is 0 Å². The molecular formula is C24H21ClN4O4S. The van der Waals surface area contributed by atoms with E-state index in [4.69, 9.17) is 11.6 Å². The van der Waals surface area contributed by atoms with Crippen LogP contribution in [0.3, 0.4) is 0 Å². The van der Waals surface area contributed by atoms with Gasteiger partial charge in [0.25, 0.3) is 15.9 Å². The van der Waals surface area contributed by atoms with Crippen molar-refractivity contribution >= 4 is 49.8 Å². The van der Waals surface area contributed by atoms with Gasteiger partial charge in [-0.1, -0.05) is 35.9 Å². The Labute approximate surface area is 201 Å². The molecule has 0 saturated carbocycles. The van der Waals surface area contributed by atoms with Crippen molar-refractivity contribution in [2.75, 3.05) is 10.8 Å². The van der Waals surface area contributed by atoms with Crippen LogP contribution >= 0.6 is 11.6 Å². The third-order valence-corrected chi connectivity index (χ3v) is 7.42. The van der Waals surface area contributed by atoms with Crippen LogP contribution in [0.4, 0.5) is 11.4 Å². The van der Waals surface area contributed by atoms with Gasteiger partial charge in [-0.25, -0.2) is 8.42 Å². The number of carbonyl (C=O) groups is 1. The summed E-state index contributed by atoms with van der Waals surface area (Å²) >= 11 is 5.91. The van der Waals surface area contributed by atoms with Gasteiger partial charge in [0.15, 0.2) is 5.69 Å². The van der Waals surface area contributed by atoms with Crippen molar-refractivity contribution in [2.45, 2.75) is 18.7 Å². The molecule has 34 heavy (non-hydrogen) atoms. The van der Waals surface area contributed by atoms with E-state index in [1.807, 2.05) is 13.8 Å². The third kappa shape index (κ3) is 4.66. The van der Waals surface area contributed by atoms with Crippen LogP contribution in [0.15, 0.2) is 81.9 Å². The summed E-state index contributed by atoms with van der Waals surface area (Å²) in [7, 11) is -4.11. The SMILES string of the molecule is Cc1ccc(N(CC(=O)N=Nc2c(O)[nH]c3ccccc23)S(=O)(=O)c2ccc(Cl)cc2)cc1C. The average molecular weight is 497 g/mol. The molecule has 0 saturated heterocycles. The van der Waals surface area contributed by atoms with Gasteiger partial charge in [0.05, 0.1) is 16.1 Å². The summed E-state index contributed by atoms with van der Waals surface area (Å²) in [6, 6.07) is 17.8. The maximum Gasteiger partial charge on any atom is 0.285 e. The number of anilines is 1. The van der Waals surface area contributed by atoms with Crippen molar-refractivity contribution < 1.29 is 18.3 Å². The first-order valence-electron chi connectivity index (χ1n) is 10.3. The topological polar surface area (TPSA) is 115 Å². The highest BCUT2D eigenvalue weighted by molar-refractivity contribution is 7.92. The van der Waals surface area contributed by atoms with Crippen LogP contribution in [0.1, 0.15) is 11.1 Å². The molecular weight excluding hydrogens is 476 g/mol. The lowest BCUT2D eigenvalue weighted by Crippen LogP contribution is -2.35. The lowest BCUT2D eigenvalue weighted by molar-refractivity contribution is -0.116. The van der Waals surface area contributed by atoms with Gasteiger partial charge >= 0.3 is 0 Å². The van der Waals surface area contributed by atoms with Crippen molar-refractivity contribution in [1.29, 1.82) is 0 Å². The average Bonchev–Trinajstić information content (AvgIpc) is 3.13. The Hall–Kier alpha value is -3.69. The summed E-state index contributed by atoms with van der Waals surface area (Å²) in [6.45, 7) is 3.18. The van der Waals surface area contributed by atoms with E-state index in [0.29, 0.717) is 21.6 Å². The number of aromatic hydroxyl groups is 1. The predicted octanol–water partition coefficient (Wildman–Crippen LogP) is 5.65. The van der Waals surface area contributed by atoms with Crippen LogP contribution < -0.4 is 4.31 Å². The number of aromatic amines is 1. The zero-order valence-electron chi connectivity index (χ0n) is 18.4. The Morgan fingerprint density at radius 1 is 1.03 bits per heavy atom. The fourth-order valence-corrected chi connectivity index (χ4v) is 4.94. The number of hydrogen-bond donors (Lipinski definition) is 2. The third-order valence-electron chi connectivity index (χ3n) is 5.38. The van der Waals surface area contributed by atoms with Crippen LogP contribution in [-0.4, -0.2) is 31.0 Å². The van der Waals surface area contributed by atoms with Gasteiger partial charge < -0.3 is 10.1 Å². The van der Waals surface area contributed by atoms with E-state index in [1.165, 1.54) is 24.3 Å². The fourth-order valence-electron chi connectivity index (χ4n) is 3.40. The summed E-state index contributed by atoms with van der Waals surface area (Å²) in [6.07, 6.45) is 0. The maximum atomic E-state index is 13.5. The Balaban J connectivity index is 1.69. The first kappa shape index (κ1) is 23.5. The highest BCUT2D eigenvalue weighted by Crippen LogP contribution is 2.35. The largest absolute Gasteiger partial charge is 0.493 e. The standard InChI is InChI=1S/C24H21ClN4O4S/c1-15-7-10-18(13-16(15)2)29(34(32,33)19-11-8-17(25)9-12-19)14-22(30)27-28-23-20-5-3-4-6-21(20)26-24(23)31/h3-13,26,31H,14H2,1-2H3. The molecule has 174 valence electrons. The summed E-state index contributed by atoms with van der Waals surface area (Å²) < 4.78 is 27.9. The van der Waals surface area contributed by atoms with Crippen molar-refractivity contribution in [3.05, 3.63) is 82.9 Å². The second-order valence-electron chi connectivity index (χ2n) is 7.70. The number of para-hydroxylation sites is 1. The van der Waals surface area contributed by atoms with Crippen molar-refractivity contribution in [3.63, 3.8) is 0 Å². The molecule has 1 aromatic heterocycles. The number of benzene rings is 3. The molecule has 0 bridgehead atoms. The number of halogens is 1. The van der Waals surface area contributed by atoms with E-state index in [2.05, 4.69) is 15.2 Å². The van der Waals surface area contributed by atoms with E-state index in [9.17, 15) is 18.3 Å². The molecule has 0 aliphatic rings. The lowest BCUT2D eigenvalue weighted by atomic mass is 10.1. The van der Waals surface area contributed by atoms with E-state index in [-0.39, 0.29) is 16.5 Å². The van der Waals surface area contributed by atoms with Crippen molar-refractivity contribution in [3.8, 4) is 5.88 Å². The maximum absolute atomic E-state index is 13.5. The number of aromatic nitrogens is 1. The van der Waals surface area contributed by atoms with E-state index < -0.39 is 22.5 Å². The molecule has 1 heterocycles. The zero-order valence-corrected chi connectivity index (χ0v) is 19.9. The van der Waals surface area contributed by atoms with Gasteiger partial charge in [0, 0.05) is 10.4 Å². The van der Waals surface area contributed by atoms with Crippen LogP contribution in [0.5, 0.6) is 5.88 Å². The van der Waals surface area contributed by atoms with Crippen LogP contribution in [0, 0.1) is 13.8 Å². The van der Waals surface area contributed by atoms with Gasteiger partial charge in [0.2, 0.25) is 5.88 Å². The molecule has 1 amide bonds. The second-order valence-corrected chi connectivity index (χ2v) is 9.99. The number of aryl methyl sites for hydroxylation is 2. The summed E-state index contributed by atoms with van der Waals surface area (Å²) in [5, 5.41) is 18.7. The van der Waals surface area contributed by atoms with Gasteiger partial charge in [-0.3, -0.25) is 9.10 Å². The van der Waals surface area contributed by atoms with Crippen molar-refractivity contribution in [1.82, 2.24) is 4.98 Å². The van der Waals surface area contributed by atoms with E-state index in [1.54, 1.807) is 42.5 Å². The van der Waals surface area contributed by atoms with Crippen LogP contribution in [0.25, 0.3) is 10.9 Å². The number of nitrogens with zero attached hydrogens (tertiary/aromatic N) is 3. The molecule has 4 rings (SSSR count). The number of amides is 1. The number of sulfonamides is 1. The summed E-state index contributed by atoms with van der Waals surface area (Å²) in [5.41, 5.74) is 2.89. The predicted molar refractivity (Wildman–Crippen MR) is 131 cm³/mol. The van der Waals surface area contributed by atoms with Crippen LogP contribution in [0.2, 0.25) is 5.02 Å². The quantitative estimate of drug-likeness (QED) is 0.335. The van der Waals surface area contributed by atoms with Gasteiger partial charge in [-0.2, -0.15) is 0 Å². The minimum absolute atomic E-state index is 0.0193. The molecule has 0 unspecified atom stereocenters. The molecule has 3 aromatic carbocycles. The van der Waals surface area contributed by atoms with Crippen LogP contribution in [-0.2, 0) is 14.8 Å². The first-order chi connectivity index (χ1) is 16.2. The number of carbonyl (C=O) groups excluding carboxylic acids is 1. The molecule has 0 fully saturated rings. The minimum Gasteiger partial charge on any atom is -0.493 e. The van der Waals surface area contributed by atoms with Crippen molar-refractivity contribution in [2.24, 2.45) is 10.2 Å². The number of rotatable bonds is 6. The lowest BCUT2D eigenvalue weighted by Gasteiger charge is -2.23. The molecule has 0 atom stereocenters. The summed E-state index contributed by atoms with van der Waals surface area (Å²) in [4.78, 5) is 15.5. The smallest absolute Gasteiger partial charge is 0.285 e. The minimum atomic E-state index is -4.11. The number of fused-ring (bicyclic) bond motifs is 1. The molecule has 0 aliphatic heterocycles.